The number of hydrogen-bond donors (Lipinski definition) is 3. The monoisotopic (exact) mass is 717 g/mol. The number of nitrogens with two attached hydrogens (primary N) is 3. The molecule has 4 aromatic carbocycles. The Bertz CT molecular complexity index is 1550. The van der Waals surface area contributed by atoms with Crippen molar-refractivity contribution in [1.29, 1.82) is 0 Å². The van der Waals surface area contributed by atoms with Gasteiger partial charge in [-0.05, 0) is 106 Å². The van der Waals surface area contributed by atoms with Gasteiger partial charge in [0.2, 0.25) is 0 Å². The van der Waals surface area contributed by atoms with Crippen LogP contribution in [0.25, 0.3) is 0 Å². The first-order chi connectivity index (χ1) is 24.0. The molecule has 0 aliphatic rings. The molecule has 0 amide bonds. The number of benzene rings is 4. The zero-order valence-corrected chi connectivity index (χ0v) is 33.6. The van der Waals surface area contributed by atoms with Crippen molar-refractivity contribution in [2.75, 3.05) is 38.5 Å². The van der Waals surface area contributed by atoms with Crippen LogP contribution in [0.5, 0.6) is 0 Å². The zero-order valence-electron chi connectivity index (χ0n) is 33.6. The topological polar surface area (TPSA) is 157 Å². The molecule has 0 fully saturated rings. The Morgan fingerprint density at radius 2 is 0.808 bits per heavy atom. The Labute approximate surface area is 312 Å². The summed E-state index contributed by atoms with van der Waals surface area (Å²) < 4.78 is 14.8. The van der Waals surface area contributed by atoms with Crippen molar-refractivity contribution in [2.45, 2.75) is 86.0 Å². The number of methoxy groups -OCH3 is 3. The molecule has 9 nitrogen and oxygen atoms in total. The first-order valence-corrected chi connectivity index (χ1v) is 16.8. The SMILES string of the molecule is CC(=O)c1ccccc1N.COC(C)(C)C.COC(C)(C)C.COC(C)(C)C.Nc1ccccc1C(=O)c1ccccc1.Nc1ccccc1C=O. The van der Waals surface area contributed by atoms with E-state index in [4.69, 9.17) is 31.4 Å². The molecule has 52 heavy (non-hydrogen) atoms. The van der Waals surface area contributed by atoms with Gasteiger partial charge in [-0.15, -0.1) is 0 Å². The minimum absolute atomic E-state index is 0.0121. The van der Waals surface area contributed by atoms with Crippen LogP contribution in [0.2, 0.25) is 0 Å². The van der Waals surface area contributed by atoms with Crippen LogP contribution < -0.4 is 17.2 Å². The lowest BCUT2D eigenvalue weighted by atomic mass is 10.0. The van der Waals surface area contributed by atoms with Gasteiger partial charge in [0.1, 0.15) is 0 Å². The average molecular weight is 718 g/mol. The van der Waals surface area contributed by atoms with Gasteiger partial charge in [0.05, 0.1) is 16.8 Å². The lowest BCUT2D eigenvalue weighted by Crippen LogP contribution is -2.15. The molecule has 0 spiro atoms. The second-order valence-electron chi connectivity index (χ2n) is 14.1. The van der Waals surface area contributed by atoms with Crippen LogP contribution in [0.4, 0.5) is 17.1 Å². The number of ketones is 2. The number of rotatable bonds is 4. The second kappa shape index (κ2) is 25.2. The molecule has 0 aliphatic heterocycles. The molecule has 9 heteroatoms. The highest BCUT2D eigenvalue weighted by molar-refractivity contribution is 6.12. The van der Waals surface area contributed by atoms with E-state index >= 15 is 0 Å². The molecule has 0 unspecified atom stereocenters. The van der Waals surface area contributed by atoms with Crippen LogP contribution >= 0.6 is 0 Å². The lowest BCUT2D eigenvalue weighted by molar-refractivity contribution is 0.0394. The van der Waals surface area contributed by atoms with Crippen molar-refractivity contribution in [3.05, 3.63) is 125 Å². The van der Waals surface area contributed by atoms with Gasteiger partial charge in [-0.1, -0.05) is 66.7 Å². The molecular formula is C43H63N3O6. The van der Waals surface area contributed by atoms with Gasteiger partial charge in [0, 0.05) is 60.6 Å². The first kappa shape index (κ1) is 49.3. The summed E-state index contributed by atoms with van der Waals surface area (Å²) in [4.78, 5) is 32.9. The fourth-order valence-electron chi connectivity index (χ4n) is 2.88. The van der Waals surface area contributed by atoms with E-state index in [0.717, 1.165) is 6.29 Å². The number of carbonyl (C=O) groups is 3. The maximum absolute atomic E-state index is 12.0. The van der Waals surface area contributed by atoms with E-state index < -0.39 is 0 Å². The Morgan fingerprint density at radius 1 is 0.500 bits per heavy atom. The minimum Gasteiger partial charge on any atom is -0.398 e. The van der Waals surface area contributed by atoms with Crippen LogP contribution in [0.1, 0.15) is 106 Å². The summed E-state index contributed by atoms with van der Waals surface area (Å²) in [5.41, 5.74) is 20.7. The van der Waals surface area contributed by atoms with Crippen LogP contribution in [-0.2, 0) is 14.2 Å². The van der Waals surface area contributed by atoms with Gasteiger partial charge in [-0.3, -0.25) is 14.4 Å². The van der Waals surface area contributed by atoms with Crippen LogP contribution in [0, 0.1) is 0 Å². The largest absolute Gasteiger partial charge is 0.398 e. The predicted octanol–water partition coefficient (Wildman–Crippen LogP) is 9.35. The van der Waals surface area contributed by atoms with Crippen molar-refractivity contribution in [2.24, 2.45) is 0 Å². The zero-order chi connectivity index (χ0) is 40.5. The summed E-state index contributed by atoms with van der Waals surface area (Å²) in [7, 11) is 5.12. The van der Waals surface area contributed by atoms with Crippen LogP contribution in [0.15, 0.2) is 103 Å². The number of nitrogen functional groups attached to an aromatic ring is 3. The van der Waals surface area contributed by atoms with E-state index in [2.05, 4.69) is 0 Å². The molecule has 0 aliphatic carbocycles. The van der Waals surface area contributed by atoms with Gasteiger partial charge in [0.15, 0.2) is 17.9 Å². The number of aldehydes is 1. The Balaban J connectivity index is 0. The van der Waals surface area contributed by atoms with E-state index in [-0.39, 0.29) is 28.4 Å². The van der Waals surface area contributed by atoms with Gasteiger partial charge in [0.25, 0.3) is 0 Å². The number of Topliss-reactive ketones (excluding diaryl/α,β-unsaturated/α-hetero) is 1. The third kappa shape index (κ3) is 25.2. The van der Waals surface area contributed by atoms with Gasteiger partial charge in [-0.25, -0.2) is 0 Å². The van der Waals surface area contributed by atoms with E-state index in [1.807, 2.05) is 98.7 Å². The van der Waals surface area contributed by atoms with Gasteiger partial charge in [-0.2, -0.15) is 0 Å². The van der Waals surface area contributed by atoms with Crippen molar-refractivity contribution in [3.8, 4) is 0 Å². The van der Waals surface area contributed by atoms with E-state index in [0.29, 0.717) is 39.3 Å². The maximum Gasteiger partial charge on any atom is 0.195 e. The van der Waals surface area contributed by atoms with Gasteiger partial charge >= 0.3 is 0 Å². The number of anilines is 3. The summed E-state index contributed by atoms with van der Waals surface area (Å²) in [6.45, 7) is 19.7. The van der Waals surface area contributed by atoms with E-state index in [1.54, 1.807) is 88.1 Å². The summed E-state index contributed by atoms with van der Waals surface area (Å²) in [5, 5.41) is 0. The third-order valence-electron chi connectivity index (χ3n) is 6.54. The number of hydrogen-bond acceptors (Lipinski definition) is 9. The van der Waals surface area contributed by atoms with Crippen molar-refractivity contribution >= 4 is 34.9 Å². The number of carbonyl (C=O) groups excluding carboxylic acids is 3. The predicted molar refractivity (Wildman–Crippen MR) is 218 cm³/mol. The Hall–Kier alpha value is -4.83. The van der Waals surface area contributed by atoms with Crippen molar-refractivity contribution in [3.63, 3.8) is 0 Å². The standard InChI is InChI=1S/C13H11NO.C8H9NO.C7H7NO.3C5H12O/c14-12-9-5-4-8-11(12)13(15)10-6-2-1-3-7-10;1-6(10)7-4-2-3-5-8(7)9;8-7-4-2-1-3-6(7)5-9;3*1-5(2,3)6-4/h1-9H,14H2;2-5H,9H2,1H3;1-5H,8H2;3*1-4H3. The first-order valence-electron chi connectivity index (χ1n) is 16.8. The summed E-state index contributed by atoms with van der Waals surface area (Å²) in [6.07, 6.45) is 0.745. The Morgan fingerprint density at radius 3 is 1.08 bits per heavy atom. The van der Waals surface area contributed by atoms with Gasteiger partial charge < -0.3 is 31.4 Å². The second-order valence-corrected chi connectivity index (χ2v) is 14.1. The fraction of sp³-hybridized carbons (Fsp3) is 0.372. The highest BCUT2D eigenvalue weighted by Gasteiger charge is 2.10. The van der Waals surface area contributed by atoms with Crippen LogP contribution in [0.3, 0.4) is 0 Å². The van der Waals surface area contributed by atoms with E-state index in [9.17, 15) is 14.4 Å². The molecule has 0 radical (unpaired) electrons. The molecule has 0 saturated heterocycles. The molecule has 286 valence electrons. The summed E-state index contributed by atoms with van der Waals surface area (Å²) >= 11 is 0. The quantitative estimate of drug-likeness (QED) is 0.106. The number of para-hydroxylation sites is 3. The van der Waals surface area contributed by atoms with Crippen molar-refractivity contribution < 1.29 is 28.6 Å². The normalized spacial score (nSPS) is 10.3. The molecule has 4 aromatic rings. The maximum atomic E-state index is 12.0. The van der Waals surface area contributed by atoms with Crippen LogP contribution in [-0.4, -0.2) is 56.0 Å². The van der Waals surface area contributed by atoms with E-state index in [1.165, 1.54) is 6.92 Å². The third-order valence-corrected chi connectivity index (χ3v) is 6.54. The molecular weight excluding hydrogens is 654 g/mol. The molecule has 0 heterocycles. The molecule has 6 N–H and O–H groups in total. The Kier molecular flexibility index (Phi) is 23.9. The summed E-state index contributed by atoms with van der Waals surface area (Å²) in [6, 6.07) is 30.2. The molecule has 0 saturated carbocycles. The molecule has 0 bridgehead atoms. The molecule has 0 aromatic heterocycles. The highest BCUT2D eigenvalue weighted by Crippen LogP contribution is 2.16. The van der Waals surface area contributed by atoms with Crippen molar-refractivity contribution in [1.82, 2.24) is 0 Å². The fourth-order valence-corrected chi connectivity index (χ4v) is 2.88. The lowest BCUT2D eigenvalue weighted by Gasteiger charge is -2.14. The molecule has 4 rings (SSSR count). The minimum atomic E-state index is -0.0336. The summed E-state index contributed by atoms with van der Waals surface area (Å²) in [5.74, 6) is -0.0215. The average Bonchev–Trinajstić information content (AvgIpc) is 3.09. The molecule has 0 atom stereocenters. The highest BCUT2D eigenvalue weighted by atomic mass is 16.5. The number of ether oxygens (including phenoxy) is 3. The smallest absolute Gasteiger partial charge is 0.195 e.